The van der Waals surface area contributed by atoms with Crippen molar-refractivity contribution in [2.24, 2.45) is 5.92 Å². The molecule has 3 rings (SSSR count). The quantitative estimate of drug-likeness (QED) is 0.424. The second-order valence-corrected chi connectivity index (χ2v) is 5.88. The van der Waals surface area contributed by atoms with Gasteiger partial charge in [-0.25, -0.2) is 9.59 Å². The number of esters is 3. The van der Waals surface area contributed by atoms with Gasteiger partial charge >= 0.3 is 17.9 Å². The molecule has 2 aliphatic heterocycles. The average molecular weight is 280 g/mol. The van der Waals surface area contributed by atoms with Crippen molar-refractivity contribution in [1.29, 1.82) is 0 Å². The van der Waals surface area contributed by atoms with Gasteiger partial charge in [-0.05, 0) is 13.3 Å². The van der Waals surface area contributed by atoms with Gasteiger partial charge in [0.2, 0.25) is 6.10 Å². The predicted molar refractivity (Wildman–Crippen MR) is 65.4 cm³/mol. The van der Waals surface area contributed by atoms with E-state index in [-0.39, 0.29) is 17.9 Å². The van der Waals surface area contributed by atoms with Crippen LogP contribution in [0.2, 0.25) is 0 Å². The van der Waals surface area contributed by atoms with Crippen LogP contribution in [0.3, 0.4) is 0 Å². The average Bonchev–Trinajstić information content (AvgIpc) is 2.50. The van der Waals surface area contributed by atoms with Gasteiger partial charge in [-0.3, -0.25) is 4.79 Å². The molecule has 0 aromatic carbocycles. The molecule has 0 aromatic rings. The zero-order valence-corrected chi connectivity index (χ0v) is 11.2. The number of fused-ring (bicyclic) bond motifs is 3. The third-order valence-corrected chi connectivity index (χ3v) is 4.12. The number of hydrogen-bond donors (Lipinski definition) is 0. The lowest BCUT2D eigenvalue weighted by Crippen LogP contribution is -2.45. The summed E-state index contributed by atoms with van der Waals surface area (Å²) in [6.45, 7) is 5.12. The molecule has 4 atom stereocenters. The summed E-state index contributed by atoms with van der Waals surface area (Å²) in [5.41, 5.74) is -0.579. The molecule has 4 bridgehead atoms. The number of rotatable bonds is 2. The van der Waals surface area contributed by atoms with Gasteiger partial charge in [0, 0.05) is 24.8 Å². The summed E-state index contributed by atoms with van der Waals surface area (Å²) in [5, 5.41) is 0. The van der Waals surface area contributed by atoms with Crippen LogP contribution in [0.15, 0.2) is 12.2 Å². The second-order valence-electron chi connectivity index (χ2n) is 5.88. The molecule has 0 radical (unpaired) electrons. The molecule has 3 aliphatic rings. The van der Waals surface area contributed by atoms with Gasteiger partial charge in [-0.15, -0.1) is 0 Å². The molecule has 6 heteroatoms. The Bertz CT molecular complexity index is 508. The fourth-order valence-corrected chi connectivity index (χ4v) is 3.26. The van der Waals surface area contributed by atoms with Crippen molar-refractivity contribution in [2.75, 3.05) is 0 Å². The zero-order chi connectivity index (χ0) is 14.5. The van der Waals surface area contributed by atoms with Gasteiger partial charge < -0.3 is 14.2 Å². The van der Waals surface area contributed by atoms with Crippen molar-refractivity contribution in [3.05, 3.63) is 12.2 Å². The van der Waals surface area contributed by atoms with Crippen molar-refractivity contribution < 1.29 is 28.6 Å². The first-order valence-electron chi connectivity index (χ1n) is 6.68. The number of ether oxygens (including phenoxy) is 3. The summed E-state index contributed by atoms with van der Waals surface area (Å²) in [5.74, 6) is -1.84. The molecule has 20 heavy (non-hydrogen) atoms. The van der Waals surface area contributed by atoms with Crippen LogP contribution in [-0.4, -0.2) is 35.7 Å². The summed E-state index contributed by atoms with van der Waals surface area (Å²) in [6, 6.07) is 0. The monoisotopic (exact) mass is 280 g/mol. The summed E-state index contributed by atoms with van der Waals surface area (Å²) < 4.78 is 16.0. The van der Waals surface area contributed by atoms with Crippen LogP contribution < -0.4 is 0 Å². The van der Waals surface area contributed by atoms with Crippen molar-refractivity contribution >= 4 is 17.9 Å². The van der Waals surface area contributed by atoms with E-state index < -0.39 is 35.7 Å². The fourth-order valence-electron chi connectivity index (χ4n) is 3.26. The summed E-state index contributed by atoms with van der Waals surface area (Å²) in [6.07, 6.45) is 0.0381. The maximum atomic E-state index is 11.9. The molecule has 2 saturated heterocycles. The first-order valence-corrected chi connectivity index (χ1v) is 6.68. The minimum atomic E-state index is -0.976. The molecule has 0 aromatic heterocycles. The second kappa shape index (κ2) is 4.33. The lowest BCUT2D eigenvalue weighted by Gasteiger charge is -2.39. The predicted octanol–water partition coefficient (Wildman–Crippen LogP) is 0.885. The molecule has 3 fully saturated rings. The standard InChI is InChI=1S/C14H16O6/c1-7(2)11(15)20-14-4-8-3-9(5-14)18-13(17)10(6-14)19-12(8)16/h8-10H,1,3-6H2,2H3. The molecule has 2 heterocycles. The Hall–Kier alpha value is -1.85. The summed E-state index contributed by atoms with van der Waals surface area (Å²) in [7, 11) is 0. The molecular formula is C14H16O6. The van der Waals surface area contributed by atoms with Crippen LogP contribution in [0, 0.1) is 5.92 Å². The molecule has 6 nitrogen and oxygen atoms in total. The number of hydrogen-bond acceptors (Lipinski definition) is 6. The third-order valence-electron chi connectivity index (χ3n) is 4.12. The molecule has 108 valence electrons. The molecule has 4 unspecified atom stereocenters. The van der Waals surface area contributed by atoms with Gasteiger partial charge in [0.05, 0.1) is 5.92 Å². The fraction of sp³-hybridized carbons (Fsp3) is 0.643. The van der Waals surface area contributed by atoms with E-state index in [1.807, 2.05) is 0 Å². The Labute approximate surface area is 116 Å². The molecule has 1 saturated carbocycles. The zero-order valence-electron chi connectivity index (χ0n) is 11.2. The van der Waals surface area contributed by atoms with Gasteiger partial charge in [0.1, 0.15) is 11.7 Å². The van der Waals surface area contributed by atoms with Gasteiger partial charge in [0.25, 0.3) is 0 Å². The van der Waals surface area contributed by atoms with E-state index in [2.05, 4.69) is 6.58 Å². The van der Waals surface area contributed by atoms with Crippen LogP contribution >= 0.6 is 0 Å². The third kappa shape index (κ3) is 2.09. The molecular weight excluding hydrogens is 264 g/mol. The topological polar surface area (TPSA) is 78.9 Å². The van der Waals surface area contributed by atoms with Crippen LogP contribution in [0.4, 0.5) is 0 Å². The number of carbonyl (C=O) groups excluding carboxylic acids is 3. The first-order chi connectivity index (χ1) is 9.38. The van der Waals surface area contributed by atoms with Crippen molar-refractivity contribution in [3.63, 3.8) is 0 Å². The smallest absolute Gasteiger partial charge is 0.347 e. The molecule has 0 amide bonds. The van der Waals surface area contributed by atoms with E-state index in [0.29, 0.717) is 19.3 Å². The highest BCUT2D eigenvalue weighted by molar-refractivity contribution is 5.88. The van der Waals surface area contributed by atoms with E-state index in [4.69, 9.17) is 14.2 Å². The van der Waals surface area contributed by atoms with Crippen LogP contribution in [0.25, 0.3) is 0 Å². The minimum absolute atomic E-state index is 0.170. The highest BCUT2D eigenvalue weighted by Gasteiger charge is 2.56. The van der Waals surface area contributed by atoms with E-state index in [9.17, 15) is 14.4 Å². The highest BCUT2D eigenvalue weighted by atomic mass is 16.6. The van der Waals surface area contributed by atoms with E-state index in [0.717, 1.165) is 0 Å². The Morgan fingerprint density at radius 3 is 2.70 bits per heavy atom. The lowest BCUT2D eigenvalue weighted by atomic mass is 9.75. The maximum Gasteiger partial charge on any atom is 0.347 e. The van der Waals surface area contributed by atoms with Crippen molar-refractivity contribution in [3.8, 4) is 0 Å². The van der Waals surface area contributed by atoms with Gasteiger partial charge in [-0.2, -0.15) is 0 Å². The van der Waals surface area contributed by atoms with E-state index >= 15 is 0 Å². The van der Waals surface area contributed by atoms with E-state index in [1.54, 1.807) is 6.92 Å². The molecule has 0 spiro atoms. The van der Waals surface area contributed by atoms with Crippen LogP contribution in [-0.2, 0) is 28.6 Å². The Balaban J connectivity index is 1.95. The van der Waals surface area contributed by atoms with Crippen LogP contribution in [0.1, 0.15) is 32.6 Å². The highest BCUT2D eigenvalue weighted by Crippen LogP contribution is 2.46. The maximum absolute atomic E-state index is 11.9. The Morgan fingerprint density at radius 1 is 1.25 bits per heavy atom. The first kappa shape index (κ1) is 13.1. The Kier molecular flexibility index (Phi) is 2.84. The van der Waals surface area contributed by atoms with Crippen molar-refractivity contribution in [1.82, 2.24) is 0 Å². The van der Waals surface area contributed by atoms with Crippen LogP contribution in [0.5, 0.6) is 0 Å². The molecule has 0 N–H and O–H groups in total. The van der Waals surface area contributed by atoms with Crippen molar-refractivity contribution in [2.45, 2.75) is 50.4 Å². The summed E-state index contributed by atoms with van der Waals surface area (Å²) >= 11 is 0. The van der Waals surface area contributed by atoms with E-state index in [1.165, 1.54) is 0 Å². The number of carbonyl (C=O) groups is 3. The minimum Gasteiger partial charge on any atom is -0.459 e. The van der Waals surface area contributed by atoms with Gasteiger partial charge in [0.15, 0.2) is 0 Å². The summed E-state index contributed by atoms with van der Waals surface area (Å²) in [4.78, 5) is 35.6. The van der Waals surface area contributed by atoms with Gasteiger partial charge in [-0.1, -0.05) is 6.58 Å². The normalized spacial score (nSPS) is 38.5. The Morgan fingerprint density at radius 2 is 2.00 bits per heavy atom. The largest absolute Gasteiger partial charge is 0.459 e. The molecule has 1 aliphatic carbocycles. The lowest BCUT2D eigenvalue weighted by molar-refractivity contribution is -0.180. The SMILES string of the molecule is C=C(C)C(=O)OC12CC3CC(C1)C(=O)OC(C2)C(=O)O3.